The second kappa shape index (κ2) is 10.2. The summed E-state index contributed by atoms with van der Waals surface area (Å²) in [4.78, 5) is 31.9. The molecule has 0 spiro atoms. The number of amides is 1. The van der Waals surface area contributed by atoms with Gasteiger partial charge in [-0.1, -0.05) is 35.9 Å². The van der Waals surface area contributed by atoms with Crippen molar-refractivity contribution < 1.29 is 9.72 Å². The number of halogens is 1. The molecule has 1 aromatic heterocycles. The second-order valence-electron chi connectivity index (χ2n) is 7.57. The lowest BCUT2D eigenvalue weighted by Gasteiger charge is -2.34. The number of benzene rings is 2. The van der Waals surface area contributed by atoms with Gasteiger partial charge < -0.3 is 5.32 Å². The fourth-order valence-corrected chi connectivity index (χ4v) is 4.42. The Morgan fingerprint density at radius 3 is 2.56 bits per heavy atom. The van der Waals surface area contributed by atoms with Crippen molar-refractivity contribution in [3.63, 3.8) is 0 Å². The fourth-order valence-electron chi connectivity index (χ4n) is 3.56. The Balaban J connectivity index is 1.25. The number of rotatable bonds is 7. The number of aromatic nitrogens is 1. The largest absolute Gasteiger partial charge is 0.301 e. The van der Waals surface area contributed by atoms with E-state index in [1.807, 2.05) is 24.3 Å². The van der Waals surface area contributed by atoms with Crippen LogP contribution in [0.3, 0.4) is 0 Å². The van der Waals surface area contributed by atoms with E-state index in [9.17, 15) is 14.9 Å². The zero-order valence-corrected chi connectivity index (χ0v) is 18.8. The number of nitro groups is 1. The van der Waals surface area contributed by atoms with Gasteiger partial charge in [-0.05, 0) is 17.7 Å². The van der Waals surface area contributed by atoms with E-state index in [-0.39, 0.29) is 11.6 Å². The van der Waals surface area contributed by atoms with E-state index < -0.39 is 4.92 Å². The molecule has 1 saturated heterocycles. The van der Waals surface area contributed by atoms with Crippen molar-refractivity contribution in [1.29, 1.82) is 0 Å². The molecule has 3 aromatic rings. The van der Waals surface area contributed by atoms with Crippen LogP contribution in [0, 0.1) is 10.1 Å². The molecule has 4 rings (SSSR count). The summed E-state index contributed by atoms with van der Waals surface area (Å²) in [5, 5.41) is 16.8. The molecule has 1 aliphatic rings. The molecule has 0 unspecified atom stereocenters. The van der Waals surface area contributed by atoms with Gasteiger partial charge in [-0.3, -0.25) is 24.7 Å². The number of hydrogen-bond acceptors (Lipinski definition) is 7. The number of carbonyl (C=O) groups is 1. The number of hydrogen-bond donors (Lipinski definition) is 1. The maximum atomic E-state index is 12.5. The maximum absolute atomic E-state index is 12.5. The Hall–Kier alpha value is -2.85. The van der Waals surface area contributed by atoms with Gasteiger partial charge in [0.15, 0.2) is 5.13 Å². The number of nitro benzene ring substituents is 1. The first kappa shape index (κ1) is 22.3. The third-order valence-corrected chi connectivity index (χ3v) is 6.26. The Kier molecular flexibility index (Phi) is 7.11. The van der Waals surface area contributed by atoms with Crippen LogP contribution in [-0.2, 0) is 11.3 Å². The number of nitrogens with one attached hydrogen (secondary N) is 1. The molecule has 1 amide bonds. The smallest absolute Gasteiger partial charge is 0.270 e. The highest BCUT2D eigenvalue weighted by molar-refractivity contribution is 7.14. The summed E-state index contributed by atoms with van der Waals surface area (Å²) in [5.41, 5.74) is 2.48. The van der Waals surface area contributed by atoms with E-state index in [1.165, 1.54) is 29.0 Å². The molecule has 32 heavy (non-hydrogen) atoms. The van der Waals surface area contributed by atoms with E-state index in [2.05, 4.69) is 20.1 Å². The Morgan fingerprint density at radius 2 is 1.84 bits per heavy atom. The molecule has 2 heterocycles. The highest BCUT2D eigenvalue weighted by Crippen LogP contribution is 2.27. The number of thiazole rings is 1. The molecule has 8 nitrogen and oxygen atoms in total. The first-order valence-electron chi connectivity index (χ1n) is 10.2. The number of anilines is 1. The molecule has 2 aromatic carbocycles. The van der Waals surface area contributed by atoms with Crippen LogP contribution in [0.1, 0.15) is 5.56 Å². The summed E-state index contributed by atoms with van der Waals surface area (Å²) in [5.74, 6) is -0.115. The summed E-state index contributed by atoms with van der Waals surface area (Å²) in [6.07, 6.45) is 0. The monoisotopic (exact) mass is 471 g/mol. The van der Waals surface area contributed by atoms with Crippen LogP contribution < -0.4 is 5.32 Å². The lowest BCUT2D eigenvalue weighted by Crippen LogP contribution is -2.48. The molecule has 0 radical (unpaired) electrons. The van der Waals surface area contributed by atoms with Crippen LogP contribution in [-0.4, -0.2) is 58.3 Å². The molecule has 1 aliphatic heterocycles. The Labute approximate surface area is 194 Å². The minimum atomic E-state index is -0.437. The van der Waals surface area contributed by atoms with E-state index in [4.69, 9.17) is 11.6 Å². The van der Waals surface area contributed by atoms with Gasteiger partial charge in [0, 0.05) is 60.8 Å². The van der Waals surface area contributed by atoms with Gasteiger partial charge in [-0.2, -0.15) is 0 Å². The van der Waals surface area contributed by atoms with Gasteiger partial charge in [0.25, 0.3) is 5.69 Å². The molecule has 10 heteroatoms. The lowest BCUT2D eigenvalue weighted by molar-refractivity contribution is -0.384. The average molecular weight is 472 g/mol. The van der Waals surface area contributed by atoms with Crippen molar-refractivity contribution in [2.45, 2.75) is 6.54 Å². The number of carbonyl (C=O) groups excluding carboxylic acids is 1. The number of non-ortho nitro benzene ring substituents is 1. The van der Waals surface area contributed by atoms with E-state index in [1.54, 1.807) is 17.5 Å². The topological polar surface area (TPSA) is 91.6 Å². The standard InChI is InChI=1S/C22H22ClN5O3S/c23-18-6-4-16(5-7-18)13-26-8-10-27(11-9-26)14-21(29)25-22-24-20(15-32-22)17-2-1-3-19(12-17)28(30)31/h1-7,12,15H,8-11,13-14H2,(H,24,25,29). The van der Waals surface area contributed by atoms with Crippen LogP contribution in [0.25, 0.3) is 11.3 Å². The van der Waals surface area contributed by atoms with Crippen LogP contribution in [0.4, 0.5) is 10.8 Å². The SMILES string of the molecule is O=C(CN1CCN(Cc2ccc(Cl)cc2)CC1)Nc1nc(-c2cccc([N+](=O)[O-])c2)cs1. The normalized spacial score (nSPS) is 14.9. The van der Waals surface area contributed by atoms with Crippen LogP contribution >= 0.6 is 22.9 Å². The molecule has 0 bridgehead atoms. The van der Waals surface area contributed by atoms with Gasteiger partial charge in [0.1, 0.15) is 0 Å². The van der Waals surface area contributed by atoms with Crippen molar-refractivity contribution in [1.82, 2.24) is 14.8 Å². The van der Waals surface area contributed by atoms with Crippen LogP contribution in [0.2, 0.25) is 5.02 Å². The predicted molar refractivity (Wildman–Crippen MR) is 126 cm³/mol. The third-order valence-electron chi connectivity index (χ3n) is 5.25. The van der Waals surface area contributed by atoms with Gasteiger partial charge in [0.2, 0.25) is 5.91 Å². The first-order valence-corrected chi connectivity index (χ1v) is 11.4. The van der Waals surface area contributed by atoms with Crippen LogP contribution in [0.15, 0.2) is 53.9 Å². The summed E-state index contributed by atoms with van der Waals surface area (Å²) < 4.78 is 0. The number of nitrogens with zero attached hydrogens (tertiary/aromatic N) is 4. The first-order chi connectivity index (χ1) is 15.5. The maximum Gasteiger partial charge on any atom is 0.270 e. The predicted octanol–water partition coefficient (Wildman–Crippen LogP) is 4.13. The van der Waals surface area contributed by atoms with Gasteiger partial charge in [-0.25, -0.2) is 4.98 Å². The van der Waals surface area contributed by atoms with Crippen molar-refractivity contribution in [3.8, 4) is 11.3 Å². The molecule has 0 saturated carbocycles. The highest BCUT2D eigenvalue weighted by atomic mass is 35.5. The van der Waals surface area contributed by atoms with E-state index in [0.717, 1.165) is 37.7 Å². The highest BCUT2D eigenvalue weighted by Gasteiger charge is 2.20. The summed E-state index contributed by atoms with van der Waals surface area (Å²) in [6, 6.07) is 14.2. The van der Waals surface area contributed by atoms with Crippen LogP contribution in [0.5, 0.6) is 0 Å². The quantitative estimate of drug-likeness (QED) is 0.411. The number of piperazine rings is 1. The second-order valence-corrected chi connectivity index (χ2v) is 8.87. The zero-order chi connectivity index (χ0) is 22.5. The Morgan fingerprint density at radius 1 is 1.12 bits per heavy atom. The average Bonchev–Trinajstić information content (AvgIpc) is 3.25. The molecule has 166 valence electrons. The van der Waals surface area contributed by atoms with E-state index in [0.29, 0.717) is 22.9 Å². The van der Waals surface area contributed by atoms with Crippen molar-refractivity contribution in [2.75, 3.05) is 38.0 Å². The lowest BCUT2D eigenvalue weighted by atomic mass is 10.1. The summed E-state index contributed by atoms with van der Waals surface area (Å²) in [6.45, 7) is 4.60. The van der Waals surface area contributed by atoms with Crippen molar-refractivity contribution >= 4 is 39.7 Å². The molecule has 1 fully saturated rings. The molecule has 0 atom stereocenters. The van der Waals surface area contributed by atoms with Crippen molar-refractivity contribution in [3.05, 3.63) is 74.6 Å². The Bertz CT molecular complexity index is 1100. The van der Waals surface area contributed by atoms with Crippen molar-refractivity contribution in [2.24, 2.45) is 0 Å². The fraction of sp³-hybridized carbons (Fsp3) is 0.273. The van der Waals surface area contributed by atoms with Gasteiger partial charge >= 0.3 is 0 Å². The zero-order valence-electron chi connectivity index (χ0n) is 17.2. The molecule has 1 N–H and O–H groups in total. The minimum Gasteiger partial charge on any atom is -0.301 e. The summed E-state index contributed by atoms with van der Waals surface area (Å²) >= 11 is 7.25. The van der Waals surface area contributed by atoms with Gasteiger partial charge in [0.05, 0.1) is 17.2 Å². The molecule has 0 aliphatic carbocycles. The van der Waals surface area contributed by atoms with Gasteiger partial charge in [-0.15, -0.1) is 11.3 Å². The molecular weight excluding hydrogens is 450 g/mol. The minimum absolute atomic E-state index is 0.0105. The third kappa shape index (κ3) is 5.89. The summed E-state index contributed by atoms with van der Waals surface area (Å²) in [7, 11) is 0. The van der Waals surface area contributed by atoms with E-state index >= 15 is 0 Å². The molecular formula is C22H22ClN5O3S.